The van der Waals surface area contributed by atoms with Crippen LogP contribution in [0.4, 0.5) is 10.2 Å². The van der Waals surface area contributed by atoms with E-state index in [1.807, 2.05) is 18.2 Å². The third-order valence-electron chi connectivity index (χ3n) is 2.55. The maximum Gasteiger partial charge on any atom is 0.130 e. The van der Waals surface area contributed by atoms with Crippen molar-refractivity contribution in [1.82, 2.24) is 4.98 Å². The number of hydrogen-bond donors (Lipinski definition) is 1. The molecule has 1 aromatic carbocycles. The van der Waals surface area contributed by atoms with E-state index in [9.17, 15) is 4.39 Å². The topological polar surface area (TPSA) is 34.1 Å². The fourth-order valence-corrected chi connectivity index (χ4v) is 1.63. The molecule has 2 aromatic rings. The van der Waals surface area contributed by atoms with Crippen molar-refractivity contribution < 1.29 is 9.13 Å². The second-order valence-corrected chi connectivity index (χ2v) is 4.19. The van der Waals surface area contributed by atoms with E-state index in [2.05, 4.69) is 17.2 Å². The van der Waals surface area contributed by atoms with E-state index < -0.39 is 0 Å². The molecule has 0 radical (unpaired) electrons. The number of nitrogens with one attached hydrogen (secondary N) is 1. The van der Waals surface area contributed by atoms with Crippen LogP contribution in [-0.4, -0.2) is 11.5 Å². The summed E-state index contributed by atoms with van der Waals surface area (Å²) in [4.78, 5) is 4.42. The fourth-order valence-electron chi connectivity index (χ4n) is 1.63. The van der Waals surface area contributed by atoms with Crippen molar-refractivity contribution in [2.45, 2.75) is 20.0 Å². The lowest BCUT2D eigenvalue weighted by atomic mass is 10.3. The average molecular weight is 260 g/mol. The molecule has 100 valence electrons. The van der Waals surface area contributed by atoms with Crippen LogP contribution in [0.25, 0.3) is 0 Å². The van der Waals surface area contributed by atoms with Crippen LogP contribution in [0.3, 0.4) is 0 Å². The quantitative estimate of drug-likeness (QED) is 0.861. The Balaban J connectivity index is 1.95. The summed E-state index contributed by atoms with van der Waals surface area (Å²) in [5.74, 6) is 1.04. The van der Waals surface area contributed by atoms with Crippen molar-refractivity contribution >= 4 is 5.82 Å². The van der Waals surface area contributed by atoms with Gasteiger partial charge in [-0.15, -0.1) is 0 Å². The number of rotatable bonds is 6. The van der Waals surface area contributed by atoms with Crippen molar-refractivity contribution in [2.24, 2.45) is 0 Å². The van der Waals surface area contributed by atoms with E-state index in [4.69, 9.17) is 4.74 Å². The van der Waals surface area contributed by atoms with Gasteiger partial charge in [-0.05, 0) is 30.7 Å². The molecule has 0 atom stereocenters. The molecule has 1 N–H and O–H groups in total. The summed E-state index contributed by atoms with van der Waals surface area (Å²) in [7, 11) is 0. The predicted octanol–water partition coefficient (Wildman–Crippen LogP) is 3.62. The number of anilines is 1. The van der Waals surface area contributed by atoms with Gasteiger partial charge in [0, 0.05) is 12.6 Å². The monoisotopic (exact) mass is 260 g/mol. The minimum Gasteiger partial charge on any atom is -0.487 e. The molecular weight excluding hydrogens is 243 g/mol. The van der Waals surface area contributed by atoms with E-state index in [0.717, 1.165) is 24.5 Å². The van der Waals surface area contributed by atoms with Gasteiger partial charge >= 0.3 is 0 Å². The van der Waals surface area contributed by atoms with Crippen LogP contribution in [-0.2, 0) is 6.61 Å². The van der Waals surface area contributed by atoms with E-state index in [1.165, 1.54) is 12.1 Å². The van der Waals surface area contributed by atoms with Gasteiger partial charge in [0.25, 0.3) is 0 Å². The molecule has 4 heteroatoms. The Morgan fingerprint density at radius 1 is 1.21 bits per heavy atom. The van der Waals surface area contributed by atoms with Gasteiger partial charge in [-0.1, -0.05) is 19.1 Å². The van der Waals surface area contributed by atoms with Crippen LogP contribution in [0.15, 0.2) is 42.5 Å². The number of halogens is 1. The Bertz CT molecular complexity index is 531. The van der Waals surface area contributed by atoms with Gasteiger partial charge < -0.3 is 10.1 Å². The van der Waals surface area contributed by atoms with Crippen LogP contribution in [0.2, 0.25) is 0 Å². The van der Waals surface area contributed by atoms with E-state index in [-0.39, 0.29) is 5.82 Å². The SMILES string of the molecule is CCCNc1cccc(COc2cccc(F)c2)n1. The van der Waals surface area contributed by atoms with Crippen molar-refractivity contribution in [3.8, 4) is 5.75 Å². The smallest absolute Gasteiger partial charge is 0.130 e. The molecule has 1 aromatic heterocycles. The minimum absolute atomic E-state index is 0.302. The van der Waals surface area contributed by atoms with Crippen molar-refractivity contribution in [1.29, 1.82) is 0 Å². The molecule has 0 unspecified atom stereocenters. The number of nitrogens with zero attached hydrogens (tertiary/aromatic N) is 1. The zero-order valence-corrected chi connectivity index (χ0v) is 10.9. The largest absolute Gasteiger partial charge is 0.487 e. The summed E-state index contributed by atoms with van der Waals surface area (Å²) >= 11 is 0. The van der Waals surface area contributed by atoms with Crippen molar-refractivity contribution in [3.63, 3.8) is 0 Å². The molecule has 0 aliphatic carbocycles. The molecule has 0 spiro atoms. The molecule has 0 aliphatic heterocycles. The van der Waals surface area contributed by atoms with Gasteiger partial charge in [-0.25, -0.2) is 9.37 Å². The third kappa shape index (κ3) is 4.25. The first-order valence-electron chi connectivity index (χ1n) is 6.36. The first kappa shape index (κ1) is 13.3. The Morgan fingerprint density at radius 3 is 2.84 bits per heavy atom. The molecule has 0 amide bonds. The van der Waals surface area contributed by atoms with Gasteiger partial charge in [-0.3, -0.25) is 0 Å². The molecule has 3 nitrogen and oxygen atoms in total. The first-order chi connectivity index (χ1) is 9.28. The molecule has 0 saturated heterocycles. The van der Waals surface area contributed by atoms with Gasteiger partial charge in [0.05, 0.1) is 5.69 Å². The maximum absolute atomic E-state index is 13.0. The van der Waals surface area contributed by atoms with E-state index in [1.54, 1.807) is 12.1 Å². The highest BCUT2D eigenvalue weighted by molar-refractivity contribution is 5.35. The van der Waals surface area contributed by atoms with Crippen LogP contribution in [0.5, 0.6) is 5.75 Å². The van der Waals surface area contributed by atoms with Gasteiger partial charge in [0.1, 0.15) is 24.0 Å². The van der Waals surface area contributed by atoms with Crippen LogP contribution < -0.4 is 10.1 Å². The van der Waals surface area contributed by atoms with E-state index in [0.29, 0.717) is 12.4 Å². The van der Waals surface area contributed by atoms with Crippen LogP contribution in [0, 0.1) is 5.82 Å². The second kappa shape index (κ2) is 6.73. The second-order valence-electron chi connectivity index (χ2n) is 4.19. The summed E-state index contributed by atoms with van der Waals surface area (Å²) in [5.41, 5.74) is 0.811. The highest BCUT2D eigenvalue weighted by atomic mass is 19.1. The zero-order valence-electron chi connectivity index (χ0n) is 10.9. The molecule has 1 heterocycles. The van der Waals surface area contributed by atoms with Gasteiger partial charge in [0.2, 0.25) is 0 Å². The summed E-state index contributed by atoms with van der Waals surface area (Å²) in [6, 6.07) is 11.8. The Kier molecular flexibility index (Phi) is 4.72. The number of hydrogen-bond acceptors (Lipinski definition) is 3. The standard InChI is InChI=1S/C15H17FN2O/c1-2-9-17-15-8-4-6-13(18-15)11-19-14-7-3-5-12(16)10-14/h3-8,10H,2,9,11H2,1H3,(H,17,18). The fraction of sp³-hybridized carbons (Fsp3) is 0.267. The van der Waals surface area contributed by atoms with Crippen molar-refractivity contribution in [2.75, 3.05) is 11.9 Å². The highest BCUT2D eigenvalue weighted by Crippen LogP contribution is 2.14. The molecule has 0 aliphatic rings. The number of ether oxygens (including phenoxy) is 1. The number of aromatic nitrogens is 1. The normalized spacial score (nSPS) is 10.2. The minimum atomic E-state index is -0.302. The first-order valence-corrected chi connectivity index (χ1v) is 6.36. The van der Waals surface area contributed by atoms with Crippen LogP contribution >= 0.6 is 0 Å². The van der Waals surface area contributed by atoms with Gasteiger partial charge in [0.15, 0.2) is 0 Å². The molecule has 0 saturated carbocycles. The molecule has 19 heavy (non-hydrogen) atoms. The molecule has 2 rings (SSSR count). The summed E-state index contributed by atoms with van der Waals surface area (Å²) in [6.45, 7) is 3.32. The average Bonchev–Trinajstić information content (AvgIpc) is 2.43. The third-order valence-corrected chi connectivity index (χ3v) is 2.55. The zero-order chi connectivity index (χ0) is 13.5. The number of pyridine rings is 1. The molecule has 0 fully saturated rings. The predicted molar refractivity (Wildman–Crippen MR) is 73.7 cm³/mol. The Hall–Kier alpha value is -2.10. The summed E-state index contributed by atoms with van der Waals surface area (Å²) in [5, 5.41) is 3.22. The van der Waals surface area contributed by atoms with Crippen molar-refractivity contribution in [3.05, 3.63) is 54.0 Å². The lowest BCUT2D eigenvalue weighted by Crippen LogP contribution is -2.04. The molecule has 0 bridgehead atoms. The lowest BCUT2D eigenvalue weighted by Gasteiger charge is -2.08. The number of benzene rings is 1. The van der Waals surface area contributed by atoms with Crippen LogP contribution in [0.1, 0.15) is 19.0 Å². The maximum atomic E-state index is 13.0. The lowest BCUT2D eigenvalue weighted by molar-refractivity contribution is 0.300. The van der Waals surface area contributed by atoms with E-state index >= 15 is 0 Å². The van der Waals surface area contributed by atoms with Gasteiger partial charge in [-0.2, -0.15) is 0 Å². The Morgan fingerprint density at radius 2 is 2.05 bits per heavy atom. The summed E-state index contributed by atoms with van der Waals surface area (Å²) in [6.07, 6.45) is 1.05. The Labute approximate surface area is 112 Å². The highest BCUT2D eigenvalue weighted by Gasteiger charge is 2.00. The summed E-state index contributed by atoms with van der Waals surface area (Å²) < 4.78 is 18.5. The molecular formula is C15H17FN2O.